The van der Waals surface area contributed by atoms with E-state index in [9.17, 15) is 9.59 Å². The molecule has 1 fully saturated rings. The van der Waals surface area contributed by atoms with Gasteiger partial charge in [0.2, 0.25) is 0 Å². The average Bonchev–Trinajstić information content (AvgIpc) is 3.01. The molecule has 1 aliphatic rings. The number of rotatable bonds is 6. The fourth-order valence-corrected chi connectivity index (χ4v) is 3.25. The van der Waals surface area contributed by atoms with Crippen molar-refractivity contribution in [3.05, 3.63) is 16.1 Å². The molecular formula is C12H17N3O3S2. The van der Waals surface area contributed by atoms with Gasteiger partial charge in [0.05, 0.1) is 6.04 Å². The minimum absolute atomic E-state index is 0.0124. The zero-order chi connectivity index (χ0) is 14.8. The average molecular weight is 315 g/mol. The lowest BCUT2D eigenvalue weighted by atomic mass is 10.3. The van der Waals surface area contributed by atoms with E-state index >= 15 is 0 Å². The van der Waals surface area contributed by atoms with Crippen LogP contribution in [0.25, 0.3) is 0 Å². The fourth-order valence-electron chi connectivity index (χ4n) is 1.73. The number of carbonyl (C=O) groups excluding carboxylic acids is 1. The number of hydrogen-bond donors (Lipinski definition) is 3. The first kappa shape index (κ1) is 15.1. The topological polar surface area (TPSA) is 91.3 Å². The van der Waals surface area contributed by atoms with Crippen LogP contribution in [0.2, 0.25) is 0 Å². The summed E-state index contributed by atoms with van der Waals surface area (Å²) in [5.74, 6) is -1.06. The summed E-state index contributed by atoms with van der Waals surface area (Å²) >= 11 is 3.01. The van der Waals surface area contributed by atoms with Gasteiger partial charge in [0.1, 0.15) is 5.01 Å². The highest BCUT2D eigenvalue weighted by molar-refractivity contribution is 8.00. The van der Waals surface area contributed by atoms with Gasteiger partial charge >= 0.3 is 12.0 Å². The Morgan fingerprint density at radius 2 is 2.30 bits per heavy atom. The third-order valence-electron chi connectivity index (χ3n) is 3.27. The Morgan fingerprint density at radius 1 is 1.60 bits per heavy atom. The number of nitrogens with zero attached hydrogens (tertiary/aromatic N) is 1. The molecule has 3 N–H and O–H groups in total. The number of nitrogens with one attached hydrogen (secondary N) is 2. The summed E-state index contributed by atoms with van der Waals surface area (Å²) in [4.78, 5) is 26.5. The van der Waals surface area contributed by atoms with Crippen LogP contribution in [0.3, 0.4) is 0 Å². The first-order valence-corrected chi connectivity index (χ1v) is 8.34. The third-order valence-corrected chi connectivity index (χ3v) is 5.72. The predicted molar refractivity (Wildman–Crippen MR) is 79.5 cm³/mol. The first-order chi connectivity index (χ1) is 9.46. The number of amides is 2. The molecule has 1 aromatic rings. The van der Waals surface area contributed by atoms with Gasteiger partial charge in [0.15, 0.2) is 5.69 Å². The van der Waals surface area contributed by atoms with Crippen LogP contribution >= 0.6 is 23.1 Å². The van der Waals surface area contributed by atoms with Crippen molar-refractivity contribution < 1.29 is 14.7 Å². The maximum absolute atomic E-state index is 11.8. The van der Waals surface area contributed by atoms with Crippen molar-refractivity contribution in [2.45, 2.75) is 30.6 Å². The van der Waals surface area contributed by atoms with Gasteiger partial charge in [-0.25, -0.2) is 14.6 Å². The van der Waals surface area contributed by atoms with Crippen LogP contribution < -0.4 is 10.6 Å². The van der Waals surface area contributed by atoms with Crippen LogP contribution in [0, 0.1) is 0 Å². The molecule has 2 rings (SSSR count). The van der Waals surface area contributed by atoms with Gasteiger partial charge in [-0.3, -0.25) is 0 Å². The number of thiazole rings is 1. The maximum Gasteiger partial charge on any atom is 0.355 e. The smallest absolute Gasteiger partial charge is 0.355 e. The maximum atomic E-state index is 11.8. The van der Waals surface area contributed by atoms with E-state index in [1.54, 1.807) is 18.7 Å². The number of hydrogen-bond acceptors (Lipinski definition) is 5. The molecule has 0 aliphatic heterocycles. The summed E-state index contributed by atoms with van der Waals surface area (Å²) in [6.07, 6.45) is 4.33. The monoisotopic (exact) mass is 315 g/mol. The molecule has 1 aliphatic carbocycles. The summed E-state index contributed by atoms with van der Waals surface area (Å²) in [6, 6.07) is -0.553. The van der Waals surface area contributed by atoms with Gasteiger partial charge in [-0.15, -0.1) is 11.3 Å². The molecule has 0 aromatic carbocycles. The number of urea groups is 1. The van der Waals surface area contributed by atoms with E-state index < -0.39 is 5.97 Å². The van der Waals surface area contributed by atoms with Gasteiger partial charge in [0.25, 0.3) is 0 Å². The molecule has 1 heterocycles. The first-order valence-electron chi connectivity index (χ1n) is 6.24. The molecule has 110 valence electrons. The molecule has 1 unspecified atom stereocenters. The second-order valence-electron chi connectivity index (χ2n) is 4.81. The number of carbonyl (C=O) groups is 2. The molecule has 2 amide bonds. The van der Waals surface area contributed by atoms with Gasteiger partial charge in [-0.1, -0.05) is 0 Å². The zero-order valence-electron chi connectivity index (χ0n) is 11.3. The second-order valence-corrected chi connectivity index (χ2v) is 6.98. The van der Waals surface area contributed by atoms with E-state index in [0.717, 1.165) is 12.8 Å². The number of carboxylic acids is 1. The fraction of sp³-hybridized carbons (Fsp3) is 0.583. The molecule has 0 bridgehead atoms. The van der Waals surface area contributed by atoms with Crippen molar-refractivity contribution in [2.24, 2.45) is 0 Å². The van der Waals surface area contributed by atoms with Crippen molar-refractivity contribution in [1.29, 1.82) is 0 Å². The van der Waals surface area contributed by atoms with Crippen LogP contribution in [0.4, 0.5) is 4.79 Å². The van der Waals surface area contributed by atoms with E-state index in [2.05, 4.69) is 21.9 Å². The predicted octanol–water partition coefficient (Wildman–Crippen LogP) is 2.10. The highest BCUT2D eigenvalue weighted by atomic mass is 32.2. The number of carboxylic acid groups (broad SMARTS) is 1. The van der Waals surface area contributed by atoms with E-state index in [0.29, 0.717) is 11.6 Å². The molecule has 0 saturated heterocycles. The molecular weight excluding hydrogens is 298 g/mol. The highest BCUT2D eigenvalue weighted by Gasteiger charge is 2.41. The van der Waals surface area contributed by atoms with Gasteiger partial charge < -0.3 is 15.7 Å². The van der Waals surface area contributed by atoms with Crippen molar-refractivity contribution in [2.75, 3.05) is 12.8 Å². The minimum Gasteiger partial charge on any atom is -0.476 e. The van der Waals surface area contributed by atoms with Crippen molar-refractivity contribution in [3.8, 4) is 0 Å². The lowest BCUT2D eigenvalue weighted by Gasteiger charge is -2.16. The summed E-state index contributed by atoms with van der Waals surface area (Å²) in [5, 5.41) is 16.5. The Labute approximate surface area is 125 Å². The molecule has 6 nitrogen and oxygen atoms in total. The van der Waals surface area contributed by atoms with Crippen molar-refractivity contribution >= 4 is 35.1 Å². The second kappa shape index (κ2) is 6.01. The molecule has 0 radical (unpaired) electrons. The number of thioether (sulfide) groups is 1. The van der Waals surface area contributed by atoms with Crippen LogP contribution in [-0.4, -0.2) is 39.6 Å². The summed E-state index contributed by atoms with van der Waals surface area (Å²) in [7, 11) is 0. The van der Waals surface area contributed by atoms with Gasteiger partial charge in [0, 0.05) is 16.7 Å². The molecule has 8 heteroatoms. The molecule has 0 spiro atoms. The summed E-state index contributed by atoms with van der Waals surface area (Å²) < 4.78 is 0.220. The van der Waals surface area contributed by atoms with E-state index in [1.807, 2.05) is 0 Å². The van der Waals surface area contributed by atoms with Crippen molar-refractivity contribution in [3.63, 3.8) is 0 Å². The Hall–Kier alpha value is -1.28. The normalized spacial score (nSPS) is 17.3. The molecule has 1 aromatic heterocycles. The zero-order valence-corrected chi connectivity index (χ0v) is 12.9. The standard InChI is InChI=1S/C12H17N3O3S2/c1-7(9-15-8(5-20-9)10(16)17)14-11(18)13-6-12(19-2)3-4-12/h5,7H,3-4,6H2,1-2H3,(H,16,17)(H2,13,14,18). The van der Waals surface area contributed by atoms with Crippen LogP contribution in [0.5, 0.6) is 0 Å². The van der Waals surface area contributed by atoms with E-state index in [4.69, 9.17) is 5.11 Å². The Balaban J connectivity index is 1.82. The minimum atomic E-state index is -1.06. The number of aromatic carboxylic acids is 1. The van der Waals surface area contributed by atoms with Gasteiger partial charge in [-0.2, -0.15) is 11.8 Å². The SMILES string of the molecule is CSC1(CNC(=O)NC(C)c2nc(C(=O)O)cs2)CC1. The van der Waals surface area contributed by atoms with Crippen LogP contribution in [0.15, 0.2) is 5.38 Å². The lowest BCUT2D eigenvalue weighted by molar-refractivity contribution is 0.0691. The number of aromatic nitrogens is 1. The summed E-state index contributed by atoms with van der Waals surface area (Å²) in [5.41, 5.74) is 0.0124. The van der Waals surface area contributed by atoms with Gasteiger partial charge in [-0.05, 0) is 26.0 Å². The van der Waals surface area contributed by atoms with E-state index in [1.165, 1.54) is 16.7 Å². The Morgan fingerprint density at radius 3 is 2.80 bits per heavy atom. The largest absolute Gasteiger partial charge is 0.476 e. The molecule has 1 atom stereocenters. The third kappa shape index (κ3) is 3.63. The molecule has 1 saturated carbocycles. The van der Waals surface area contributed by atoms with Crippen LogP contribution in [0.1, 0.15) is 41.3 Å². The summed E-state index contributed by atoms with van der Waals surface area (Å²) in [6.45, 7) is 2.44. The van der Waals surface area contributed by atoms with E-state index in [-0.39, 0.29) is 22.5 Å². The quantitative estimate of drug-likeness (QED) is 0.748. The lowest BCUT2D eigenvalue weighted by Crippen LogP contribution is -2.40. The van der Waals surface area contributed by atoms with Crippen molar-refractivity contribution in [1.82, 2.24) is 15.6 Å². The molecule has 20 heavy (non-hydrogen) atoms. The van der Waals surface area contributed by atoms with Crippen LogP contribution in [-0.2, 0) is 0 Å². The Kier molecular flexibility index (Phi) is 4.54. The Bertz CT molecular complexity index is 514. The highest BCUT2D eigenvalue weighted by Crippen LogP contribution is 2.46.